The second kappa shape index (κ2) is 5.92. The van der Waals surface area contributed by atoms with Crippen LogP contribution in [0, 0.1) is 6.92 Å². The number of carbonyl (C=O) groups excluding carboxylic acids is 2. The van der Waals surface area contributed by atoms with E-state index in [1.807, 2.05) is 25.1 Å². The molecule has 1 aromatic heterocycles. The zero-order valence-corrected chi connectivity index (χ0v) is 12.5. The van der Waals surface area contributed by atoms with Crippen LogP contribution in [-0.4, -0.2) is 17.0 Å². The van der Waals surface area contributed by atoms with Gasteiger partial charge in [-0.25, -0.2) is 0 Å². The molecule has 3 rings (SSSR count). The highest BCUT2D eigenvalue weighted by atomic mass is 16.5. The lowest BCUT2D eigenvalue weighted by molar-refractivity contribution is -0.115. The first-order valence-corrected chi connectivity index (χ1v) is 7.08. The first kappa shape index (κ1) is 14.8. The number of rotatable bonds is 4. The molecule has 0 fully saturated rings. The van der Waals surface area contributed by atoms with Gasteiger partial charge in [0.05, 0.1) is 17.7 Å². The molecule has 6 nitrogen and oxygen atoms in total. The van der Waals surface area contributed by atoms with Crippen LogP contribution in [0.1, 0.15) is 21.6 Å². The summed E-state index contributed by atoms with van der Waals surface area (Å²) in [4.78, 5) is 23.6. The number of benzene rings is 2. The summed E-state index contributed by atoms with van der Waals surface area (Å²) in [6.07, 6.45) is 0.0452. The van der Waals surface area contributed by atoms with E-state index in [0.717, 1.165) is 10.9 Å². The second-order valence-electron chi connectivity index (χ2n) is 5.26. The Kier molecular flexibility index (Phi) is 3.80. The van der Waals surface area contributed by atoms with Crippen LogP contribution in [-0.2, 0) is 11.2 Å². The van der Waals surface area contributed by atoms with Crippen molar-refractivity contribution in [2.24, 2.45) is 5.73 Å². The lowest BCUT2D eigenvalue weighted by atomic mass is 10.1. The lowest BCUT2D eigenvalue weighted by Crippen LogP contribution is -2.19. The van der Waals surface area contributed by atoms with Crippen LogP contribution < -0.4 is 11.1 Å². The number of hydrogen-bond acceptors (Lipinski definition) is 4. The van der Waals surface area contributed by atoms with Crippen molar-refractivity contribution in [3.05, 3.63) is 59.3 Å². The van der Waals surface area contributed by atoms with E-state index < -0.39 is 5.91 Å². The second-order valence-corrected chi connectivity index (χ2v) is 5.26. The number of amides is 2. The molecule has 0 unspecified atom stereocenters. The van der Waals surface area contributed by atoms with Gasteiger partial charge in [-0.1, -0.05) is 28.9 Å². The summed E-state index contributed by atoms with van der Waals surface area (Å²) in [5.74, 6) is -0.890. The highest BCUT2D eigenvalue weighted by Crippen LogP contribution is 2.21. The Morgan fingerprint density at radius 1 is 1.22 bits per heavy atom. The molecule has 0 atom stereocenters. The smallest absolute Gasteiger partial charge is 0.250 e. The van der Waals surface area contributed by atoms with Gasteiger partial charge in [0.1, 0.15) is 5.69 Å². The average Bonchev–Trinajstić information content (AvgIpc) is 2.90. The van der Waals surface area contributed by atoms with Gasteiger partial charge in [-0.15, -0.1) is 0 Å². The highest BCUT2D eigenvalue weighted by molar-refractivity contribution is 6.03. The molecule has 1 heterocycles. The Bertz CT molecular complexity index is 899. The molecule has 116 valence electrons. The van der Waals surface area contributed by atoms with Crippen molar-refractivity contribution in [3.8, 4) is 0 Å². The van der Waals surface area contributed by atoms with E-state index in [9.17, 15) is 9.59 Å². The van der Waals surface area contributed by atoms with Crippen LogP contribution in [0.15, 0.2) is 47.0 Å². The van der Waals surface area contributed by atoms with Crippen LogP contribution in [0.5, 0.6) is 0 Å². The predicted octanol–water partition coefficient (Wildman–Crippen LogP) is 2.42. The van der Waals surface area contributed by atoms with Crippen molar-refractivity contribution in [2.45, 2.75) is 13.3 Å². The van der Waals surface area contributed by atoms with Crippen molar-refractivity contribution in [3.63, 3.8) is 0 Å². The van der Waals surface area contributed by atoms with Gasteiger partial charge in [0.2, 0.25) is 5.91 Å². The third kappa shape index (κ3) is 3.06. The molecule has 0 spiro atoms. The summed E-state index contributed by atoms with van der Waals surface area (Å²) in [7, 11) is 0. The maximum Gasteiger partial charge on any atom is 0.250 e. The van der Waals surface area contributed by atoms with E-state index in [4.69, 9.17) is 10.3 Å². The SMILES string of the molecule is Cc1ccc2onc(CC(=O)Nc3ccccc3C(N)=O)c2c1. The molecule has 0 bridgehead atoms. The van der Waals surface area contributed by atoms with Crippen LogP contribution in [0.4, 0.5) is 5.69 Å². The van der Waals surface area contributed by atoms with Crippen molar-refractivity contribution < 1.29 is 14.1 Å². The van der Waals surface area contributed by atoms with Crippen molar-refractivity contribution in [1.82, 2.24) is 5.16 Å². The van der Waals surface area contributed by atoms with Crippen molar-refractivity contribution >= 4 is 28.5 Å². The fourth-order valence-corrected chi connectivity index (χ4v) is 2.38. The first-order valence-electron chi connectivity index (χ1n) is 7.08. The Morgan fingerprint density at radius 3 is 2.78 bits per heavy atom. The Morgan fingerprint density at radius 2 is 2.00 bits per heavy atom. The molecule has 0 aliphatic rings. The van der Waals surface area contributed by atoms with Crippen molar-refractivity contribution in [2.75, 3.05) is 5.32 Å². The quantitative estimate of drug-likeness (QED) is 0.773. The van der Waals surface area contributed by atoms with Gasteiger partial charge in [-0.05, 0) is 31.2 Å². The van der Waals surface area contributed by atoms with Gasteiger partial charge in [0, 0.05) is 5.39 Å². The van der Waals surface area contributed by atoms with Crippen LogP contribution in [0.25, 0.3) is 11.0 Å². The fraction of sp³-hybridized carbons (Fsp3) is 0.118. The van der Waals surface area contributed by atoms with Crippen LogP contribution in [0.3, 0.4) is 0 Å². The molecule has 0 saturated carbocycles. The molecule has 3 aromatic rings. The molecule has 0 aliphatic carbocycles. The van der Waals surface area contributed by atoms with E-state index in [1.165, 1.54) is 0 Å². The van der Waals surface area contributed by atoms with Gasteiger partial charge in [-0.3, -0.25) is 9.59 Å². The molecule has 0 radical (unpaired) electrons. The number of hydrogen-bond donors (Lipinski definition) is 2. The largest absolute Gasteiger partial charge is 0.366 e. The third-order valence-corrected chi connectivity index (χ3v) is 3.49. The Hall–Kier alpha value is -3.15. The van der Waals surface area contributed by atoms with Gasteiger partial charge in [-0.2, -0.15) is 0 Å². The zero-order valence-electron chi connectivity index (χ0n) is 12.5. The Labute approximate surface area is 132 Å². The molecule has 23 heavy (non-hydrogen) atoms. The van der Waals surface area contributed by atoms with Gasteiger partial charge >= 0.3 is 0 Å². The molecule has 3 N–H and O–H groups in total. The minimum absolute atomic E-state index is 0.0452. The normalized spacial score (nSPS) is 10.7. The Balaban J connectivity index is 1.82. The van der Waals surface area contributed by atoms with E-state index in [0.29, 0.717) is 17.0 Å². The molecule has 6 heteroatoms. The maximum absolute atomic E-state index is 12.2. The minimum atomic E-state index is -0.594. The number of anilines is 1. The fourth-order valence-electron chi connectivity index (χ4n) is 2.38. The first-order chi connectivity index (χ1) is 11.0. The standard InChI is InChI=1S/C17H15N3O3/c1-10-6-7-15-12(8-10)14(20-23-15)9-16(21)19-13-5-3-2-4-11(13)17(18)22/h2-8H,9H2,1H3,(H2,18,22)(H,19,21). The number of nitrogens with one attached hydrogen (secondary N) is 1. The van der Waals surface area contributed by atoms with Crippen LogP contribution in [0.2, 0.25) is 0 Å². The molecule has 0 aliphatic heterocycles. The molecule has 0 saturated heterocycles. The van der Waals surface area contributed by atoms with E-state index >= 15 is 0 Å². The van der Waals surface area contributed by atoms with Crippen LogP contribution >= 0.6 is 0 Å². The van der Waals surface area contributed by atoms with Gasteiger partial charge in [0.25, 0.3) is 5.91 Å². The zero-order chi connectivity index (χ0) is 16.4. The number of nitrogens with two attached hydrogens (primary N) is 1. The molecular formula is C17H15N3O3. The summed E-state index contributed by atoms with van der Waals surface area (Å²) < 4.78 is 5.21. The van der Waals surface area contributed by atoms with Gasteiger partial charge < -0.3 is 15.6 Å². The summed E-state index contributed by atoms with van der Waals surface area (Å²) >= 11 is 0. The summed E-state index contributed by atoms with van der Waals surface area (Å²) in [5, 5.41) is 7.44. The van der Waals surface area contributed by atoms with Crippen molar-refractivity contribution in [1.29, 1.82) is 0 Å². The number of carbonyl (C=O) groups is 2. The summed E-state index contributed by atoms with van der Waals surface area (Å²) in [6, 6.07) is 12.3. The monoisotopic (exact) mass is 309 g/mol. The number of para-hydroxylation sites is 1. The molecule has 2 amide bonds. The van der Waals surface area contributed by atoms with Gasteiger partial charge in [0.15, 0.2) is 5.58 Å². The molecular weight excluding hydrogens is 294 g/mol. The predicted molar refractivity (Wildman–Crippen MR) is 86.0 cm³/mol. The number of primary amides is 1. The average molecular weight is 309 g/mol. The summed E-state index contributed by atoms with van der Waals surface area (Å²) in [5.41, 5.74) is 8.19. The maximum atomic E-state index is 12.2. The number of aryl methyl sites for hydroxylation is 1. The van der Waals surface area contributed by atoms with E-state index in [2.05, 4.69) is 10.5 Å². The number of nitrogens with zero attached hydrogens (tertiary/aromatic N) is 1. The topological polar surface area (TPSA) is 98.2 Å². The summed E-state index contributed by atoms with van der Waals surface area (Å²) in [6.45, 7) is 1.96. The minimum Gasteiger partial charge on any atom is -0.366 e. The van der Waals surface area contributed by atoms with E-state index in [1.54, 1.807) is 24.3 Å². The van der Waals surface area contributed by atoms with E-state index in [-0.39, 0.29) is 17.9 Å². The highest BCUT2D eigenvalue weighted by Gasteiger charge is 2.15. The number of aromatic nitrogens is 1. The third-order valence-electron chi connectivity index (χ3n) is 3.49. The lowest BCUT2D eigenvalue weighted by Gasteiger charge is -2.07. The number of fused-ring (bicyclic) bond motifs is 1. The molecule has 2 aromatic carbocycles.